The van der Waals surface area contributed by atoms with Crippen molar-refractivity contribution in [1.82, 2.24) is 20.2 Å². The monoisotopic (exact) mass is 325 g/mol. The first kappa shape index (κ1) is 14.9. The molecule has 1 aliphatic heterocycles. The van der Waals surface area contributed by atoms with Gasteiger partial charge in [-0.15, -0.1) is 0 Å². The molecule has 1 aliphatic carbocycles. The molecule has 0 amide bonds. The molecule has 1 N–H and O–H groups in total. The number of anilines is 1. The molecule has 4 rings (SSSR count). The molecule has 0 radical (unpaired) electrons. The number of carbonyl (C=O) groups excluding carboxylic acids is 1. The molecule has 7 heteroatoms. The number of nitrogens with one attached hydrogen (secondary N) is 1. The fourth-order valence-electron chi connectivity index (χ4n) is 3.65. The van der Waals surface area contributed by atoms with Gasteiger partial charge in [0.15, 0.2) is 5.78 Å². The van der Waals surface area contributed by atoms with Gasteiger partial charge in [0.25, 0.3) is 0 Å². The second kappa shape index (κ2) is 5.15. The van der Waals surface area contributed by atoms with Gasteiger partial charge in [-0.3, -0.25) is 4.79 Å². The van der Waals surface area contributed by atoms with Crippen molar-refractivity contribution in [3.8, 4) is 5.75 Å². The number of allylic oxidation sites excluding steroid dienone is 2. The zero-order chi connectivity index (χ0) is 16.9. The highest BCUT2D eigenvalue weighted by Crippen LogP contribution is 2.46. The lowest BCUT2D eigenvalue weighted by Crippen LogP contribution is -2.36. The van der Waals surface area contributed by atoms with E-state index in [0.717, 1.165) is 29.0 Å². The van der Waals surface area contributed by atoms with Gasteiger partial charge in [0.05, 0.1) is 7.11 Å². The fraction of sp³-hybridized carbons (Fsp3) is 0.412. The summed E-state index contributed by atoms with van der Waals surface area (Å²) in [5, 5.41) is 15.2. The van der Waals surface area contributed by atoms with Crippen molar-refractivity contribution in [2.24, 2.45) is 5.41 Å². The Morgan fingerprint density at radius 3 is 2.88 bits per heavy atom. The first-order valence-corrected chi connectivity index (χ1v) is 7.94. The molecule has 1 atom stereocenters. The van der Waals surface area contributed by atoms with Gasteiger partial charge < -0.3 is 10.1 Å². The second-order valence-electron chi connectivity index (χ2n) is 7.05. The predicted molar refractivity (Wildman–Crippen MR) is 87.6 cm³/mol. The molecule has 0 saturated heterocycles. The lowest BCUT2D eigenvalue weighted by atomic mass is 9.73. The van der Waals surface area contributed by atoms with E-state index in [0.29, 0.717) is 12.4 Å². The quantitative estimate of drug-likeness (QED) is 0.912. The predicted octanol–water partition coefficient (Wildman–Crippen LogP) is 2.34. The van der Waals surface area contributed by atoms with Crippen molar-refractivity contribution < 1.29 is 9.53 Å². The molecule has 2 heterocycles. The van der Waals surface area contributed by atoms with Gasteiger partial charge in [-0.1, -0.05) is 37.1 Å². The standard InChI is InChI=1S/C17H19N5O2/c1-17(2)8-11-14(12(23)9-17)15(22-16(18-11)19-20-21-22)10-6-4-5-7-13(10)24-3/h4-7,15H,8-9H2,1-3H3,(H,18,19,21)/t15-/m1/s1. The van der Waals surface area contributed by atoms with Crippen molar-refractivity contribution in [1.29, 1.82) is 0 Å². The van der Waals surface area contributed by atoms with Crippen LogP contribution in [0, 0.1) is 5.41 Å². The number of hydrogen-bond donors (Lipinski definition) is 1. The van der Waals surface area contributed by atoms with Crippen LogP contribution in [-0.4, -0.2) is 33.1 Å². The van der Waals surface area contributed by atoms with Crippen LogP contribution in [-0.2, 0) is 4.79 Å². The summed E-state index contributed by atoms with van der Waals surface area (Å²) in [6, 6.07) is 7.31. The van der Waals surface area contributed by atoms with Crippen molar-refractivity contribution in [2.45, 2.75) is 32.7 Å². The number of tetrazole rings is 1. The number of rotatable bonds is 2. The van der Waals surface area contributed by atoms with Crippen LogP contribution in [0.3, 0.4) is 0 Å². The molecule has 0 bridgehead atoms. The van der Waals surface area contributed by atoms with E-state index in [9.17, 15) is 4.79 Å². The van der Waals surface area contributed by atoms with Gasteiger partial charge in [0.1, 0.15) is 11.8 Å². The Morgan fingerprint density at radius 2 is 2.08 bits per heavy atom. The summed E-state index contributed by atoms with van der Waals surface area (Å²) < 4.78 is 7.17. The molecule has 7 nitrogen and oxygen atoms in total. The minimum Gasteiger partial charge on any atom is -0.496 e. The van der Waals surface area contributed by atoms with E-state index in [-0.39, 0.29) is 17.2 Å². The number of benzene rings is 1. The minimum atomic E-state index is -0.369. The Kier molecular flexibility index (Phi) is 3.19. The lowest BCUT2D eigenvalue weighted by molar-refractivity contribution is -0.118. The van der Waals surface area contributed by atoms with E-state index in [1.807, 2.05) is 24.3 Å². The van der Waals surface area contributed by atoms with Gasteiger partial charge in [-0.05, 0) is 28.3 Å². The molecular formula is C17H19N5O2. The van der Waals surface area contributed by atoms with E-state index in [1.54, 1.807) is 11.8 Å². The number of aromatic nitrogens is 4. The summed E-state index contributed by atoms with van der Waals surface area (Å²) in [5.41, 5.74) is 2.45. The average molecular weight is 325 g/mol. The number of methoxy groups -OCH3 is 1. The average Bonchev–Trinajstić information content (AvgIpc) is 2.99. The normalized spacial score (nSPS) is 21.8. The van der Waals surface area contributed by atoms with Crippen LogP contribution >= 0.6 is 0 Å². The molecule has 1 aromatic heterocycles. The fourth-order valence-corrected chi connectivity index (χ4v) is 3.65. The Morgan fingerprint density at radius 1 is 1.29 bits per heavy atom. The third kappa shape index (κ3) is 2.19. The molecule has 24 heavy (non-hydrogen) atoms. The smallest absolute Gasteiger partial charge is 0.248 e. The number of fused-ring (bicyclic) bond motifs is 1. The van der Waals surface area contributed by atoms with Crippen molar-refractivity contribution in [3.63, 3.8) is 0 Å². The number of ketones is 1. The van der Waals surface area contributed by atoms with Crippen LogP contribution in [0.4, 0.5) is 5.95 Å². The van der Waals surface area contributed by atoms with Gasteiger partial charge in [0, 0.05) is 23.3 Å². The zero-order valence-corrected chi connectivity index (χ0v) is 13.9. The van der Waals surface area contributed by atoms with Crippen LogP contribution in [0.1, 0.15) is 38.3 Å². The molecule has 1 aromatic carbocycles. The van der Waals surface area contributed by atoms with E-state index in [4.69, 9.17) is 4.74 Å². The van der Waals surface area contributed by atoms with Crippen LogP contribution in [0.15, 0.2) is 35.5 Å². The maximum Gasteiger partial charge on any atom is 0.248 e. The maximum absolute atomic E-state index is 12.9. The molecule has 0 saturated carbocycles. The van der Waals surface area contributed by atoms with E-state index < -0.39 is 0 Å². The van der Waals surface area contributed by atoms with E-state index in [1.165, 1.54) is 0 Å². The maximum atomic E-state index is 12.9. The molecular weight excluding hydrogens is 306 g/mol. The number of carbonyl (C=O) groups is 1. The highest BCUT2D eigenvalue weighted by molar-refractivity contribution is 6.00. The first-order chi connectivity index (χ1) is 11.5. The largest absolute Gasteiger partial charge is 0.496 e. The van der Waals surface area contributed by atoms with Crippen LogP contribution in [0.5, 0.6) is 5.75 Å². The second-order valence-corrected chi connectivity index (χ2v) is 7.05. The molecule has 0 spiro atoms. The first-order valence-electron chi connectivity index (χ1n) is 7.94. The Bertz CT molecular complexity index is 852. The molecule has 2 aromatic rings. The number of ether oxygens (including phenoxy) is 1. The number of hydrogen-bond acceptors (Lipinski definition) is 6. The van der Waals surface area contributed by atoms with E-state index in [2.05, 4.69) is 34.7 Å². The summed E-state index contributed by atoms with van der Waals surface area (Å²) >= 11 is 0. The third-order valence-corrected chi connectivity index (χ3v) is 4.63. The van der Waals surface area contributed by atoms with Crippen LogP contribution < -0.4 is 10.1 Å². The summed E-state index contributed by atoms with van der Waals surface area (Å²) in [6.07, 6.45) is 1.29. The Labute approximate surface area is 139 Å². The molecule has 0 unspecified atom stereocenters. The minimum absolute atomic E-state index is 0.0795. The highest BCUT2D eigenvalue weighted by Gasteiger charge is 2.42. The van der Waals surface area contributed by atoms with Crippen LogP contribution in [0.25, 0.3) is 0 Å². The highest BCUT2D eigenvalue weighted by atomic mass is 16.5. The SMILES string of the molecule is COc1ccccc1[C@@H]1C2=C(CC(C)(C)CC2=O)Nc2nnnn21. The van der Waals surface area contributed by atoms with Gasteiger partial charge in [-0.2, -0.15) is 4.68 Å². The summed E-state index contributed by atoms with van der Waals surface area (Å²) in [7, 11) is 1.63. The molecule has 124 valence electrons. The van der Waals surface area contributed by atoms with Gasteiger partial charge >= 0.3 is 0 Å². The summed E-state index contributed by atoms with van der Waals surface area (Å²) in [4.78, 5) is 12.9. The van der Waals surface area contributed by atoms with Crippen molar-refractivity contribution >= 4 is 11.7 Å². The number of nitrogens with zero attached hydrogens (tertiary/aromatic N) is 4. The van der Waals surface area contributed by atoms with Gasteiger partial charge in [-0.25, -0.2) is 0 Å². The number of Topliss-reactive ketones (excluding diaryl/α,β-unsaturated/α-hetero) is 1. The number of para-hydroxylation sites is 1. The molecule has 0 fully saturated rings. The topological polar surface area (TPSA) is 81.9 Å². The van der Waals surface area contributed by atoms with Crippen LogP contribution in [0.2, 0.25) is 0 Å². The Balaban J connectivity index is 1.93. The van der Waals surface area contributed by atoms with Crippen molar-refractivity contribution in [3.05, 3.63) is 41.1 Å². The Hall–Kier alpha value is -2.70. The summed E-state index contributed by atoms with van der Waals surface area (Å²) in [6.45, 7) is 4.21. The van der Waals surface area contributed by atoms with E-state index >= 15 is 0 Å². The molecule has 2 aliphatic rings. The zero-order valence-electron chi connectivity index (χ0n) is 13.9. The van der Waals surface area contributed by atoms with Gasteiger partial charge in [0.2, 0.25) is 5.95 Å². The summed E-state index contributed by atoms with van der Waals surface area (Å²) in [5.74, 6) is 1.40. The third-order valence-electron chi connectivity index (χ3n) is 4.63. The lowest BCUT2D eigenvalue weighted by Gasteiger charge is -2.38. The van der Waals surface area contributed by atoms with Crippen molar-refractivity contribution in [2.75, 3.05) is 12.4 Å².